The van der Waals surface area contributed by atoms with E-state index in [9.17, 15) is 0 Å². The van der Waals surface area contributed by atoms with E-state index >= 15 is 0 Å². The van der Waals surface area contributed by atoms with Crippen molar-refractivity contribution in [2.75, 3.05) is 0 Å². The summed E-state index contributed by atoms with van der Waals surface area (Å²) in [5.41, 5.74) is 0. The molecule has 0 nitrogen and oxygen atoms in total. The molecular weight excluding hydrogens is 131 g/mol. The van der Waals surface area contributed by atoms with Gasteiger partial charge >= 0.3 is 0 Å². The third kappa shape index (κ3) is 0.920. The zero-order chi connectivity index (χ0) is 5.49. The smallest absolute Gasteiger partial charge is 0.103 e. The Morgan fingerprint density at radius 2 is 2.14 bits per heavy atom. The van der Waals surface area contributed by atoms with E-state index in [-0.39, 0.29) is 0 Å². The minimum absolute atomic E-state index is 0.343. The van der Waals surface area contributed by atoms with Crippen molar-refractivity contribution in [2.45, 2.75) is 10.8 Å². The summed E-state index contributed by atoms with van der Waals surface area (Å²) in [5.74, 6) is 0.343. The number of hydrogen-bond donors (Lipinski definition) is 0. The van der Waals surface area contributed by atoms with Crippen molar-refractivity contribution in [1.82, 2.24) is 0 Å². The van der Waals surface area contributed by atoms with Gasteiger partial charge in [0.1, 0.15) is 4.33 Å². The van der Waals surface area contributed by atoms with E-state index in [1.54, 1.807) is 6.08 Å². The molecule has 1 aliphatic carbocycles. The molecule has 0 bridgehead atoms. The third-order valence-corrected chi connectivity index (χ3v) is 2.03. The SMILES string of the molecule is C=C[C@H]1CC1(Cl)Cl. The maximum Gasteiger partial charge on any atom is 0.125 e. The van der Waals surface area contributed by atoms with Gasteiger partial charge in [-0.3, -0.25) is 0 Å². The van der Waals surface area contributed by atoms with Crippen molar-refractivity contribution < 1.29 is 0 Å². The normalized spacial score (nSPS) is 34.9. The van der Waals surface area contributed by atoms with Crippen molar-refractivity contribution in [3.8, 4) is 0 Å². The van der Waals surface area contributed by atoms with Gasteiger partial charge in [-0.25, -0.2) is 0 Å². The number of hydrogen-bond acceptors (Lipinski definition) is 0. The average Bonchev–Trinajstić information content (AvgIpc) is 2.13. The molecule has 0 aliphatic heterocycles. The Labute approximate surface area is 53.1 Å². The van der Waals surface area contributed by atoms with Gasteiger partial charge in [0.2, 0.25) is 0 Å². The van der Waals surface area contributed by atoms with Gasteiger partial charge in [-0.1, -0.05) is 6.08 Å². The van der Waals surface area contributed by atoms with Crippen LogP contribution in [0.25, 0.3) is 0 Å². The van der Waals surface area contributed by atoms with Crippen LogP contribution >= 0.6 is 23.2 Å². The van der Waals surface area contributed by atoms with E-state index in [1.807, 2.05) is 0 Å². The summed E-state index contributed by atoms with van der Waals surface area (Å²) in [5, 5.41) is 0. The van der Waals surface area contributed by atoms with Crippen molar-refractivity contribution in [1.29, 1.82) is 0 Å². The van der Waals surface area contributed by atoms with Crippen molar-refractivity contribution in [2.24, 2.45) is 5.92 Å². The Kier molecular flexibility index (Phi) is 1.09. The quantitative estimate of drug-likeness (QED) is 0.384. The summed E-state index contributed by atoms with van der Waals surface area (Å²) in [6.07, 6.45) is 2.67. The van der Waals surface area contributed by atoms with Crippen molar-refractivity contribution in [3.05, 3.63) is 12.7 Å². The lowest BCUT2D eigenvalue weighted by Crippen LogP contribution is -1.83. The largest absolute Gasteiger partial charge is 0.125 e. The lowest BCUT2D eigenvalue weighted by Gasteiger charge is -1.86. The highest BCUT2D eigenvalue weighted by Crippen LogP contribution is 2.53. The Bertz CT molecular complexity index is 96.3. The topological polar surface area (TPSA) is 0 Å². The van der Waals surface area contributed by atoms with E-state index in [0.29, 0.717) is 5.92 Å². The number of allylic oxidation sites excluding steroid dienone is 1. The van der Waals surface area contributed by atoms with Crippen LogP contribution in [0.3, 0.4) is 0 Å². The van der Waals surface area contributed by atoms with E-state index < -0.39 is 4.33 Å². The van der Waals surface area contributed by atoms with Crippen LogP contribution in [0, 0.1) is 5.92 Å². The molecule has 0 aromatic carbocycles. The van der Waals surface area contributed by atoms with E-state index in [1.165, 1.54) is 0 Å². The van der Waals surface area contributed by atoms with Gasteiger partial charge < -0.3 is 0 Å². The van der Waals surface area contributed by atoms with E-state index in [0.717, 1.165) is 6.42 Å². The molecule has 0 amide bonds. The second-order valence-corrected chi connectivity index (χ2v) is 3.35. The zero-order valence-electron chi connectivity index (χ0n) is 3.82. The Balaban J connectivity index is 2.44. The molecule has 1 atom stereocenters. The molecule has 0 saturated heterocycles. The molecule has 0 aromatic rings. The van der Waals surface area contributed by atoms with Gasteiger partial charge in [-0.2, -0.15) is 0 Å². The Hall–Kier alpha value is 0.320. The molecule has 0 N–H and O–H groups in total. The highest BCUT2D eigenvalue weighted by molar-refractivity contribution is 6.51. The molecule has 1 rings (SSSR count). The molecule has 0 aromatic heterocycles. The first-order valence-electron chi connectivity index (χ1n) is 2.17. The molecule has 0 spiro atoms. The van der Waals surface area contributed by atoms with Crippen molar-refractivity contribution in [3.63, 3.8) is 0 Å². The summed E-state index contributed by atoms with van der Waals surface area (Å²) < 4.78 is -0.457. The number of rotatable bonds is 1. The minimum Gasteiger partial charge on any atom is -0.103 e. The molecular formula is C5H6Cl2. The first-order chi connectivity index (χ1) is 3.17. The standard InChI is InChI=1S/C5H6Cl2/c1-2-4-3-5(4,6)7/h2,4H,1,3H2/t4-/m0/s1. The van der Waals surface area contributed by atoms with Gasteiger partial charge in [0.25, 0.3) is 0 Å². The maximum atomic E-state index is 5.60. The predicted octanol–water partition coefficient (Wildman–Crippen LogP) is 2.37. The molecule has 0 unspecified atom stereocenters. The molecule has 40 valence electrons. The van der Waals surface area contributed by atoms with Gasteiger partial charge in [-0.15, -0.1) is 29.8 Å². The van der Waals surface area contributed by atoms with E-state index in [2.05, 4.69) is 6.58 Å². The molecule has 2 heteroatoms. The third-order valence-electron chi connectivity index (χ3n) is 1.16. The predicted molar refractivity (Wildman–Crippen MR) is 32.7 cm³/mol. The fourth-order valence-corrected chi connectivity index (χ4v) is 1.00. The summed E-state index contributed by atoms with van der Waals surface area (Å²) in [6.45, 7) is 3.55. The fourth-order valence-electron chi connectivity index (χ4n) is 0.490. The molecule has 1 aliphatic rings. The van der Waals surface area contributed by atoms with Gasteiger partial charge in [0.15, 0.2) is 0 Å². The maximum absolute atomic E-state index is 5.60. The second kappa shape index (κ2) is 1.40. The number of halogens is 2. The molecule has 7 heavy (non-hydrogen) atoms. The van der Waals surface area contributed by atoms with E-state index in [4.69, 9.17) is 23.2 Å². The first kappa shape index (κ1) is 5.46. The van der Waals surface area contributed by atoms with Gasteiger partial charge in [0.05, 0.1) is 0 Å². The molecule has 1 saturated carbocycles. The summed E-state index contributed by atoms with van der Waals surface area (Å²) in [7, 11) is 0. The zero-order valence-corrected chi connectivity index (χ0v) is 5.34. The molecule has 0 heterocycles. The Morgan fingerprint density at radius 1 is 1.71 bits per heavy atom. The first-order valence-corrected chi connectivity index (χ1v) is 2.93. The summed E-state index contributed by atoms with van der Waals surface area (Å²) >= 11 is 11.2. The average molecular weight is 137 g/mol. The van der Waals surface area contributed by atoms with Gasteiger partial charge in [-0.05, 0) is 6.42 Å². The van der Waals surface area contributed by atoms with Crippen LogP contribution in [0.1, 0.15) is 6.42 Å². The lowest BCUT2D eigenvalue weighted by atomic mass is 10.4. The second-order valence-electron chi connectivity index (χ2n) is 1.81. The van der Waals surface area contributed by atoms with Crippen molar-refractivity contribution >= 4 is 23.2 Å². The summed E-state index contributed by atoms with van der Waals surface area (Å²) in [6, 6.07) is 0. The lowest BCUT2D eigenvalue weighted by molar-refractivity contribution is 1.10. The van der Waals surface area contributed by atoms with Crippen LogP contribution in [-0.4, -0.2) is 4.33 Å². The monoisotopic (exact) mass is 136 g/mol. The highest BCUT2D eigenvalue weighted by Gasteiger charge is 2.49. The Morgan fingerprint density at radius 3 is 2.14 bits per heavy atom. The van der Waals surface area contributed by atoms with Crippen LogP contribution in [0.4, 0.5) is 0 Å². The fraction of sp³-hybridized carbons (Fsp3) is 0.600. The minimum atomic E-state index is -0.457. The summed E-state index contributed by atoms with van der Waals surface area (Å²) in [4.78, 5) is 0. The van der Waals surface area contributed by atoms with Crippen LogP contribution in [0.2, 0.25) is 0 Å². The van der Waals surface area contributed by atoms with Crippen LogP contribution in [0.5, 0.6) is 0 Å². The molecule has 0 radical (unpaired) electrons. The van der Waals surface area contributed by atoms with Crippen LogP contribution in [-0.2, 0) is 0 Å². The van der Waals surface area contributed by atoms with Crippen LogP contribution < -0.4 is 0 Å². The van der Waals surface area contributed by atoms with Gasteiger partial charge in [0, 0.05) is 5.92 Å². The highest BCUT2D eigenvalue weighted by atomic mass is 35.5. The molecule has 1 fully saturated rings. The van der Waals surface area contributed by atoms with Crippen LogP contribution in [0.15, 0.2) is 12.7 Å². The number of alkyl halides is 2.